The van der Waals surface area contributed by atoms with Crippen molar-refractivity contribution in [3.63, 3.8) is 0 Å². The van der Waals surface area contributed by atoms with Gasteiger partial charge in [0, 0.05) is 35.8 Å². The number of hydrogen-bond donors (Lipinski definition) is 1. The van der Waals surface area contributed by atoms with Crippen molar-refractivity contribution in [2.24, 2.45) is 5.92 Å². The predicted molar refractivity (Wildman–Crippen MR) is 80.0 cm³/mol. The molecule has 1 aromatic carbocycles. The highest BCUT2D eigenvalue weighted by atomic mass is 79.9. The summed E-state index contributed by atoms with van der Waals surface area (Å²) in [5.74, 6) is 1.01. The minimum absolute atomic E-state index is 0.900. The molecule has 1 N–H and O–H groups in total. The quantitative estimate of drug-likeness (QED) is 0.825. The molecule has 3 heteroatoms. The smallest absolute Gasteiger partial charge is 0.0341 e. The van der Waals surface area contributed by atoms with E-state index < -0.39 is 0 Å². The lowest BCUT2D eigenvalue weighted by atomic mass is 10.3. The minimum atomic E-state index is 0.900. The van der Waals surface area contributed by atoms with Gasteiger partial charge in [-0.3, -0.25) is 4.90 Å². The molecule has 0 saturated heterocycles. The molecule has 0 amide bonds. The second-order valence-electron chi connectivity index (χ2n) is 5.60. The van der Waals surface area contributed by atoms with Crippen LogP contribution in [0.4, 0.5) is 5.69 Å². The Bertz CT molecular complexity index is 382. The first-order valence-corrected chi connectivity index (χ1v) is 7.84. The summed E-state index contributed by atoms with van der Waals surface area (Å²) >= 11 is 3.46. The number of benzene rings is 1. The summed E-state index contributed by atoms with van der Waals surface area (Å²) in [7, 11) is 0. The minimum Gasteiger partial charge on any atom is -0.384 e. The normalized spacial score (nSPS) is 19.2. The van der Waals surface area contributed by atoms with Crippen molar-refractivity contribution in [3.8, 4) is 0 Å². The van der Waals surface area contributed by atoms with Crippen molar-refractivity contribution in [1.82, 2.24) is 4.90 Å². The van der Waals surface area contributed by atoms with E-state index in [2.05, 4.69) is 50.4 Å². The molecule has 0 unspecified atom stereocenters. The number of halogens is 1. The lowest BCUT2D eigenvalue weighted by Crippen LogP contribution is -2.33. The van der Waals surface area contributed by atoms with E-state index in [4.69, 9.17) is 0 Å². The topological polar surface area (TPSA) is 15.3 Å². The summed E-state index contributed by atoms with van der Waals surface area (Å²) in [6, 6.07) is 9.34. The van der Waals surface area contributed by atoms with Gasteiger partial charge in [-0.05, 0) is 55.9 Å². The highest BCUT2D eigenvalue weighted by molar-refractivity contribution is 9.10. The van der Waals surface area contributed by atoms with Gasteiger partial charge < -0.3 is 5.32 Å². The van der Waals surface area contributed by atoms with E-state index in [1.165, 1.54) is 44.5 Å². The van der Waals surface area contributed by atoms with Crippen LogP contribution in [0.25, 0.3) is 0 Å². The summed E-state index contributed by atoms with van der Waals surface area (Å²) in [4.78, 5) is 2.70. The first-order chi connectivity index (χ1) is 8.81. The molecule has 2 fully saturated rings. The first kappa shape index (κ1) is 12.5. The van der Waals surface area contributed by atoms with Crippen LogP contribution in [0.15, 0.2) is 28.7 Å². The van der Waals surface area contributed by atoms with Gasteiger partial charge in [-0.15, -0.1) is 0 Å². The van der Waals surface area contributed by atoms with Crippen LogP contribution in [0.5, 0.6) is 0 Å². The number of nitrogens with zero attached hydrogens (tertiary/aromatic N) is 1. The molecule has 0 aliphatic heterocycles. The zero-order valence-corrected chi connectivity index (χ0v) is 12.3. The van der Waals surface area contributed by atoms with Crippen LogP contribution in [0.1, 0.15) is 25.7 Å². The second kappa shape index (κ2) is 5.62. The van der Waals surface area contributed by atoms with Crippen molar-refractivity contribution in [2.45, 2.75) is 31.7 Å². The Morgan fingerprint density at radius 1 is 1.11 bits per heavy atom. The van der Waals surface area contributed by atoms with E-state index in [0.29, 0.717) is 0 Å². The molecular formula is C15H21BrN2. The maximum atomic E-state index is 3.52. The maximum Gasteiger partial charge on any atom is 0.0341 e. The Kier molecular flexibility index (Phi) is 3.90. The number of rotatable bonds is 7. The molecule has 98 valence electrons. The summed E-state index contributed by atoms with van der Waals surface area (Å²) < 4.78 is 1.14. The van der Waals surface area contributed by atoms with Crippen molar-refractivity contribution in [3.05, 3.63) is 28.7 Å². The third-order valence-corrected chi connectivity index (χ3v) is 4.35. The van der Waals surface area contributed by atoms with Crippen LogP contribution in [0.2, 0.25) is 0 Å². The highest BCUT2D eigenvalue weighted by Gasteiger charge is 2.33. The van der Waals surface area contributed by atoms with E-state index in [0.717, 1.165) is 23.0 Å². The Labute approximate surface area is 118 Å². The van der Waals surface area contributed by atoms with Gasteiger partial charge in [0.25, 0.3) is 0 Å². The Morgan fingerprint density at radius 3 is 2.44 bits per heavy atom. The van der Waals surface area contributed by atoms with Gasteiger partial charge >= 0.3 is 0 Å². The van der Waals surface area contributed by atoms with Gasteiger partial charge in [-0.1, -0.05) is 15.9 Å². The van der Waals surface area contributed by atoms with Gasteiger partial charge in [0.2, 0.25) is 0 Å². The zero-order valence-electron chi connectivity index (χ0n) is 10.7. The van der Waals surface area contributed by atoms with Gasteiger partial charge in [-0.25, -0.2) is 0 Å². The van der Waals surface area contributed by atoms with Crippen molar-refractivity contribution in [1.29, 1.82) is 0 Å². The number of hydrogen-bond acceptors (Lipinski definition) is 2. The zero-order chi connectivity index (χ0) is 12.4. The van der Waals surface area contributed by atoms with Crippen LogP contribution < -0.4 is 5.32 Å². The molecule has 0 radical (unpaired) electrons. The maximum absolute atomic E-state index is 3.52. The molecule has 0 atom stereocenters. The second-order valence-corrected chi connectivity index (χ2v) is 6.52. The van der Waals surface area contributed by atoms with Gasteiger partial charge in [-0.2, -0.15) is 0 Å². The summed E-state index contributed by atoms with van der Waals surface area (Å²) in [6.07, 6.45) is 5.77. The Hall–Kier alpha value is -0.540. The van der Waals surface area contributed by atoms with E-state index in [-0.39, 0.29) is 0 Å². The molecule has 2 saturated carbocycles. The molecule has 2 aliphatic rings. The molecule has 0 spiro atoms. The molecule has 0 aromatic heterocycles. The summed E-state index contributed by atoms with van der Waals surface area (Å²) in [5.41, 5.74) is 1.22. The molecule has 3 rings (SSSR count). The number of nitrogens with one attached hydrogen (secondary N) is 1. The van der Waals surface area contributed by atoms with Crippen LogP contribution in [0.3, 0.4) is 0 Å². The van der Waals surface area contributed by atoms with Gasteiger partial charge in [0.05, 0.1) is 0 Å². The standard InChI is InChI=1S/C15H21BrN2/c16-13-3-5-14(6-4-13)17-9-10-18(15-7-8-15)11-12-1-2-12/h3-6,12,15,17H,1-2,7-11H2. The molecule has 0 bridgehead atoms. The lowest BCUT2D eigenvalue weighted by Gasteiger charge is -2.22. The van der Waals surface area contributed by atoms with E-state index in [1.54, 1.807) is 0 Å². The number of anilines is 1. The van der Waals surface area contributed by atoms with Gasteiger partial charge in [0.1, 0.15) is 0 Å². The monoisotopic (exact) mass is 308 g/mol. The van der Waals surface area contributed by atoms with Crippen LogP contribution in [-0.2, 0) is 0 Å². The Balaban J connectivity index is 1.43. The van der Waals surface area contributed by atoms with Crippen molar-refractivity contribution in [2.75, 3.05) is 25.0 Å². The summed E-state index contributed by atoms with van der Waals surface area (Å²) in [6.45, 7) is 3.59. The highest BCUT2D eigenvalue weighted by Crippen LogP contribution is 2.34. The largest absolute Gasteiger partial charge is 0.384 e. The molecule has 0 heterocycles. The molecule has 1 aromatic rings. The van der Waals surface area contributed by atoms with Gasteiger partial charge in [0.15, 0.2) is 0 Å². The lowest BCUT2D eigenvalue weighted by molar-refractivity contribution is 0.262. The average Bonchev–Trinajstić information content (AvgIpc) is 3.24. The van der Waals surface area contributed by atoms with Crippen LogP contribution >= 0.6 is 15.9 Å². The summed E-state index contributed by atoms with van der Waals surface area (Å²) in [5, 5.41) is 3.52. The van der Waals surface area contributed by atoms with E-state index >= 15 is 0 Å². The van der Waals surface area contributed by atoms with Crippen LogP contribution in [0, 0.1) is 5.92 Å². The molecule has 2 aliphatic carbocycles. The first-order valence-electron chi connectivity index (χ1n) is 7.05. The van der Waals surface area contributed by atoms with E-state index in [9.17, 15) is 0 Å². The molecular weight excluding hydrogens is 288 g/mol. The third-order valence-electron chi connectivity index (χ3n) is 3.83. The van der Waals surface area contributed by atoms with E-state index in [1.807, 2.05) is 0 Å². The fourth-order valence-electron chi connectivity index (χ4n) is 2.41. The van der Waals surface area contributed by atoms with Crippen molar-refractivity contribution >= 4 is 21.6 Å². The fraction of sp³-hybridized carbons (Fsp3) is 0.600. The van der Waals surface area contributed by atoms with Crippen molar-refractivity contribution < 1.29 is 0 Å². The van der Waals surface area contributed by atoms with Crippen LogP contribution in [-0.4, -0.2) is 30.6 Å². The SMILES string of the molecule is Brc1ccc(NCCN(CC2CC2)C2CC2)cc1. The predicted octanol–water partition coefficient (Wildman–Crippen LogP) is 3.74. The molecule has 18 heavy (non-hydrogen) atoms. The molecule has 2 nitrogen and oxygen atoms in total. The average molecular weight is 309 g/mol. The third kappa shape index (κ3) is 3.72. The fourth-order valence-corrected chi connectivity index (χ4v) is 2.67. The Morgan fingerprint density at radius 2 is 1.83 bits per heavy atom.